The zero-order valence-corrected chi connectivity index (χ0v) is 15.6. The van der Waals surface area contributed by atoms with E-state index in [0.29, 0.717) is 5.92 Å². The molecule has 0 radical (unpaired) electrons. The molecule has 1 saturated heterocycles. The maximum atomic E-state index is 12.0. The maximum Gasteiger partial charge on any atom is 0.248 e. The van der Waals surface area contributed by atoms with Gasteiger partial charge in [0.15, 0.2) is 0 Å². The second-order valence-electron chi connectivity index (χ2n) is 6.95. The number of amides is 1. The topological polar surface area (TPSA) is 73.1 Å². The molecule has 0 N–H and O–H groups in total. The van der Waals surface area contributed by atoms with Crippen molar-refractivity contribution in [1.82, 2.24) is 24.4 Å². The lowest BCUT2D eigenvalue weighted by Gasteiger charge is -2.31. The highest BCUT2D eigenvalue weighted by Crippen LogP contribution is 2.32. The minimum atomic E-state index is 0.0574. The molecule has 1 amide bonds. The number of ether oxygens (including phenoxy) is 1. The lowest BCUT2D eigenvalue weighted by Crippen LogP contribution is -2.39. The van der Waals surface area contributed by atoms with Gasteiger partial charge in [0.1, 0.15) is 12.1 Å². The third-order valence-electron chi connectivity index (χ3n) is 5.20. The number of pyridine rings is 2. The highest BCUT2D eigenvalue weighted by Gasteiger charge is 2.26. The van der Waals surface area contributed by atoms with Gasteiger partial charge in [-0.2, -0.15) is 0 Å². The molecular formula is C20H23N5O2. The van der Waals surface area contributed by atoms with Crippen molar-refractivity contribution in [3.8, 4) is 11.3 Å². The van der Waals surface area contributed by atoms with Gasteiger partial charge in [-0.1, -0.05) is 0 Å². The van der Waals surface area contributed by atoms with Crippen molar-refractivity contribution >= 4 is 16.9 Å². The predicted octanol–water partition coefficient (Wildman–Crippen LogP) is 2.38. The van der Waals surface area contributed by atoms with E-state index in [2.05, 4.69) is 16.0 Å². The zero-order chi connectivity index (χ0) is 18.8. The van der Waals surface area contributed by atoms with E-state index in [1.165, 1.54) is 0 Å². The molecule has 0 aromatic carbocycles. The van der Waals surface area contributed by atoms with Crippen LogP contribution in [0.5, 0.6) is 0 Å². The summed E-state index contributed by atoms with van der Waals surface area (Å²) in [6.45, 7) is 1.62. The van der Waals surface area contributed by atoms with Crippen LogP contribution in [0.1, 0.15) is 24.5 Å². The van der Waals surface area contributed by atoms with E-state index >= 15 is 0 Å². The van der Waals surface area contributed by atoms with Gasteiger partial charge in [-0.05, 0) is 31.0 Å². The highest BCUT2D eigenvalue weighted by atomic mass is 16.5. The van der Waals surface area contributed by atoms with Crippen LogP contribution in [-0.2, 0) is 16.6 Å². The third-order valence-corrected chi connectivity index (χ3v) is 5.20. The molecule has 4 rings (SSSR count). The quantitative estimate of drug-likeness (QED) is 0.710. The molecule has 0 aliphatic carbocycles. The molecule has 140 valence electrons. The number of fused-ring (bicyclic) bond motifs is 1. The van der Waals surface area contributed by atoms with Crippen molar-refractivity contribution in [3.63, 3.8) is 0 Å². The van der Waals surface area contributed by atoms with Crippen LogP contribution < -0.4 is 0 Å². The van der Waals surface area contributed by atoms with Gasteiger partial charge in [0.25, 0.3) is 0 Å². The van der Waals surface area contributed by atoms with E-state index < -0.39 is 0 Å². The molecule has 0 saturated carbocycles. The number of likely N-dealkylation sites (tertiary alicyclic amines) is 1. The Bertz CT molecular complexity index is 946. The van der Waals surface area contributed by atoms with Crippen LogP contribution in [0.15, 0.2) is 36.9 Å². The Labute approximate surface area is 158 Å². The van der Waals surface area contributed by atoms with Crippen molar-refractivity contribution in [1.29, 1.82) is 0 Å². The van der Waals surface area contributed by atoms with Crippen LogP contribution in [0.4, 0.5) is 0 Å². The molecule has 0 unspecified atom stereocenters. The summed E-state index contributed by atoms with van der Waals surface area (Å²) in [5.74, 6) is 0.383. The molecule has 4 heterocycles. The first kappa shape index (κ1) is 17.6. The van der Waals surface area contributed by atoms with Crippen LogP contribution in [-0.4, -0.2) is 57.1 Å². The van der Waals surface area contributed by atoms with Gasteiger partial charge in [0, 0.05) is 56.8 Å². The molecular weight excluding hydrogens is 342 g/mol. The van der Waals surface area contributed by atoms with Gasteiger partial charge in [0.2, 0.25) is 5.91 Å². The van der Waals surface area contributed by atoms with E-state index in [-0.39, 0.29) is 12.5 Å². The van der Waals surface area contributed by atoms with E-state index in [0.717, 1.165) is 53.9 Å². The van der Waals surface area contributed by atoms with E-state index in [9.17, 15) is 4.79 Å². The fourth-order valence-electron chi connectivity index (χ4n) is 3.70. The Morgan fingerprint density at radius 2 is 2.15 bits per heavy atom. The third kappa shape index (κ3) is 3.42. The smallest absolute Gasteiger partial charge is 0.248 e. The van der Waals surface area contributed by atoms with Crippen molar-refractivity contribution in [2.75, 3.05) is 26.8 Å². The first-order chi connectivity index (χ1) is 13.2. The number of hydrogen-bond acceptors (Lipinski definition) is 5. The van der Waals surface area contributed by atoms with Crippen LogP contribution in [0.2, 0.25) is 0 Å². The van der Waals surface area contributed by atoms with Gasteiger partial charge < -0.3 is 14.2 Å². The van der Waals surface area contributed by atoms with Crippen molar-refractivity contribution < 1.29 is 9.53 Å². The molecule has 1 aliphatic heterocycles. The Hall–Kier alpha value is -2.80. The summed E-state index contributed by atoms with van der Waals surface area (Å²) in [4.78, 5) is 27.7. The number of carbonyl (C=O) groups excluding carboxylic acids is 1. The monoisotopic (exact) mass is 365 g/mol. The number of rotatable bonds is 4. The molecule has 1 aliphatic rings. The number of aromatic nitrogens is 4. The number of imidazole rings is 1. The highest BCUT2D eigenvalue weighted by molar-refractivity contribution is 5.89. The average molecular weight is 365 g/mol. The molecule has 7 heteroatoms. The SMILES string of the molecule is COCC(=O)N1CCC(c2cc3c(ncn3C)c(-c3cccnc3)n2)CC1. The van der Waals surface area contributed by atoms with Crippen LogP contribution in [0.3, 0.4) is 0 Å². The van der Waals surface area contributed by atoms with E-state index in [1.54, 1.807) is 13.3 Å². The molecule has 0 spiro atoms. The van der Waals surface area contributed by atoms with Crippen LogP contribution >= 0.6 is 0 Å². The van der Waals surface area contributed by atoms with Gasteiger partial charge in [0.05, 0.1) is 17.5 Å². The van der Waals surface area contributed by atoms with Crippen LogP contribution in [0.25, 0.3) is 22.3 Å². The zero-order valence-electron chi connectivity index (χ0n) is 15.6. The minimum absolute atomic E-state index is 0.0574. The maximum absolute atomic E-state index is 12.0. The summed E-state index contributed by atoms with van der Waals surface area (Å²) in [6.07, 6.45) is 7.21. The summed E-state index contributed by atoms with van der Waals surface area (Å²) >= 11 is 0. The minimum Gasteiger partial charge on any atom is -0.375 e. The number of piperidine rings is 1. The normalized spacial score (nSPS) is 15.4. The number of hydrogen-bond donors (Lipinski definition) is 0. The number of methoxy groups -OCH3 is 1. The van der Waals surface area contributed by atoms with Gasteiger partial charge in [-0.25, -0.2) is 4.98 Å². The van der Waals surface area contributed by atoms with Gasteiger partial charge in [-0.15, -0.1) is 0 Å². The number of nitrogens with zero attached hydrogens (tertiary/aromatic N) is 5. The van der Waals surface area contributed by atoms with Gasteiger partial charge in [-0.3, -0.25) is 14.8 Å². The second kappa shape index (κ2) is 7.44. The second-order valence-corrected chi connectivity index (χ2v) is 6.95. The molecule has 0 bridgehead atoms. The van der Waals surface area contributed by atoms with Gasteiger partial charge >= 0.3 is 0 Å². The number of aryl methyl sites for hydroxylation is 1. The summed E-state index contributed by atoms with van der Waals surface area (Å²) < 4.78 is 6.99. The van der Waals surface area contributed by atoms with Crippen molar-refractivity contribution in [2.45, 2.75) is 18.8 Å². The molecule has 27 heavy (non-hydrogen) atoms. The summed E-state index contributed by atoms with van der Waals surface area (Å²) in [7, 11) is 3.55. The lowest BCUT2D eigenvalue weighted by atomic mass is 9.92. The van der Waals surface area contributed by atoms with Crippen molar-refractivity contribution in [3.05, 3.63) is 42.6 Å². The summed E-state index contributed by atoms with van der Waals surface area (Å²) in [5.41, 5.74) is 4.85. The lowest BCUT2D eigenvalue weighted by molar-refractivity contribution is -0.136. The standard InChI is InChI=1S/C20H23N5O2/c1-24-13-22-20-17(24)10-16(23-19(20)15-4-3-7-21-11-15)14-5-8-25(9-6-14)18(26)12-27-2/h3-4,7,10-11,13-14H,5-6,8-9,12H2,1-2H3. The first-order valence-electron chi connectivity index (χ1n) is 9.16. The fraction of sp³-hybridized carbons (Fsp3) is 0.400. The molecule has 1 fully saturated rings. The summed E-state index contributed by atoms with van der Waals surface area (Å²) in [5, 5.41) is 0. The van der Waals surface area contributed by atoms with Crippen LogP contribution in [0, 0.1) is 0 Å². The first-order valence-corrected chi connectivity index (χ1v) is 9.16. The fourth-order valence-corrected chi connectivity index (χ4v) is 3.70. The Morgan fingerprint density at radius 3 is 2.85 bits per heavy atom. The summed E-state index contributed by atoms with van der Waals surface area (Å²) in [6, 6.07) is 6.07. The molecule has 7 nitrogen and oxygen atoms in total. The van der Waals surface area contributed by atoms with E-state index in [1.807, 2.05) is 41.2 Å². The molecule has 3 aromatic rings. The molecule has 3 aromatic heterocycles. The Morgan fingerprint density at radius 1 is 1.33 bits per heavy atom. The number of carbonyl (C=O) groups is 1. The largest absolute Gasteiger partial charge is 0.375 e. The van der Waals surface area contributed by atoms with Crippen molar-refractivity contribution in [2.24, 2.45) is 7.05 Å². The Kier molecular flexibility index (Phi) is 4.85. The van der Waals surface area contributed by atoms with E-state index in [4.69, 9.17) is 9.72 Å². The molecule has 0 atom stereocenters. The Balaban J connectivity index is 1.65. The average Bonchev–Trinajstić information content (AvgIpc) is 3.09. The predicted molar refractivity (Wildman–Crippen MR) is 102 cm³/mol.